The first-order chi connectivity index (χ1) is 14.0. The van der Waals surface area contributed by atoms with Crippen LogP contribution in [0.2, 0.25) is 0 Å². The van der Waals surface area contributed by atoms with E-state index in [1.807, 2.05) is 11.3 Å². The van der Waals surface area contributed by atoms with Crippen LogP contribution in [0.15, 0.2) is 82.9 Å². The number of halogens is 1. The van der Waals surface area contributed by atoms with Gasteiger partial charge in [-0.1, -0.05) is 30.3 Å². The second-order valence-electron chi connectivity index (χ2n) is 7.50. The fraction of sp³-hybridized carbons (Fsp3) is 0.160. The Kier molecular flexibility index (Phi) is 5.57. The molecule has 0 N–H and O–H groups in total. The highest BCUT2D eigenvalue weighted by Gasteiger charge is 2.19. The van der Waals surface area contributed by atoms with Crippen molar-refractivity contribution in [2.45, 2.75) is 0 Å². The van der Waals surface area contributed by atoms with Crippen LogP contribution in [-0.2, 0) is 0 Å². The maximum atomic E-state index is 3.90. The molecule has 1 aliphatic carbocycles. The number of rotatable bonds is 3. The van der Waals surface area contributed by atoms with Gasteiger partial charge >= 0.3 is 0 Å². The van der Waals surface area contributed by atoms with Gasteiger partial charge in [-0.3, -0.25) is 0 Å². The molecule has 0 aliphatic heterocycles. The smallest absolute Gasteiger partial charge is 0.199 e. The van der Waals surface area contributed by atoms with Gasteiger partial charge in [0.2, 0.25) is 0 Å². The van der Waals surface area contributed by atoms with Crippen LogP contribution in [-0.4, -0.2) is 38.5 Å². The van der Waals surface area contributed by atoms with Crippen LogP contribution >= 0.6 is 27.3 Å². The van der Waals surface area contributed by atoms with Gasteiger partial charge in [0.1, 0.15) is 14.1 Å². The van der Waals surface area contributed by atoms with Crippen LogP contribution < -0.4 is 4.90 Å². The van der Waals surface area contributed by atoms with Crippen molar-refractivity contribution in [3.05, 3.63) is 93.3 Å². The highest BCUT2D eigenvalue weighted by atomic mass is 79.9. The Morgan fingerprint density at radius 3 is 2.14 bits per heavy atom. The van der Waals surface area contributed by atoms with E-state index in [0.717, 1.165) is 0 Å². The van der Waals surface area contributed by atoms with Gasteiger partial charge < -0.3 is 4.90 Å². The lowest BCUT2D eigenvalue weighted by Gasteiger charge is -2.16. The van der Waals surface area contributed by atoms with Crippen LogP contribution in [0.3, 0.4) is 0 Å². The Balaban J connectivity index is 1.94. The molecular formula is C25H24BrN2S+. The topological polar surface area (TPSA) is 6.25 Å². The zero-order valence-electron chi connectivity index (χ0n) is 17.1. The molecule has 0 fully saturated rings. The van der Waals surface area contributed by atoms with Gasteiger partial charge in [-0.15, -0.1) is 11.3 Å². The molecule has 0 atom stereocenters. The van der Waals surface area contributed by atoms with Crippen molar-refractivity contribution in [3.8, 4) is 0 Å². The van der Waals surface area contributed by atoms with E-state index in [1.165, 1.54) is 47.5 Å². The van der Waals surface area contributed by atoms with E-state index in [2.05, 4.69) is 126 Å². The van der Waals surface area contributed by atoms with Gasteiger partial charge in [-0.05, 0) is 57.4 Å². The SMILES string of the molecule is CN(C)c1ccc(C(=C2C=CC(=[N+](C)C)C=C2)c2sc3ccccc3c2Br)cc1. The van der Waals surface area contributed by atoms with Gasteiger partial charge in [-0.2, -0.15) is 0 Å². The molecule has 0 spiro atoms. The molecule has 3 aromatic rings. The number of anilines is 1. The Bertz CT molecular complexity index is 1170. The zero-order valence-corrected chi connectivity index (χ0v) is 19.5. The van der Waals surface area contributed by atoms with Crippen LogP contribution in [0.4, 0.5) is 5.69 Å². The molecule has 0 unspecified atom stereocenters. The van der Waals surface area contributed by atoms with Crippen molar-refractivity contribution in [2.24, 2.45) is 0 Å². The normalized spacial score (nSPS) is 13.3. The standard InChI is InChI=1S/C25H24BrN2S/c1-27(2)19-13-9-17(10-14-19)23(18-11-15-20(16-12-18)28(3)4)25-24(26)21-7-5-6-8-22(21)29-25/h5-16H,1-4H3/q+1. The van der Waals surface area contributed by atoms with E-state index in [0.29, 0.717) is 0 Å². The Morgan fingerprint density at radius 1 is 0.897 bits per heavy atom. The number of nitrogens with zero attached hydrogens (tertiary/aromatic N) is 2. The van der Waals surface area contributed by atoms with Crippen molar-refractivity contribution in [2.75, 3.05) is 33.1 Å². The lowest BCUT2D eigenvalue weighted by atomic mass is 9.94. The molecule has 0 saturated heterocycles. The quantitative estimate of drug-likeness (QED) is 0.408. The Hall–Kier alpha value is -2.43. The number of hydrogen-bond acceptors (Lipinski definition) is 2. The third kappa shape index (κ3) is 3.87. The minimum absolute atomic E-state index is 1.17. The summed E-state index contributed by atoms with van der Waals surface area (Å²) in [6.45, 7) is 0. The van der Waals surface area contributed by atoms with Gasteiger partial charge in [-0.25, -0.2) is 4.58 Å². The first kappa shape index (κ1) is 19.9. The zero-order chi connectivity index (χ0) is 20.5. The number of benzene rings is 2. The van der Waals surface area contributed by atoms with E-state index in [-0.39, 0.29) is 0 Å². The molecule has 2 aromatic carbocycles. The highest BCUT2D eigenvalue weighted by molar-refractivity contribution is 9.10. The number of allylic oxidation sites excluding steroid dienone is 5. The molecular weight excluding hydrogens is 440 g/mol. The summed E-state index contributed by atoms with van der Waals surface area (Å²) in [6.07, 6.45) is 8.82. The fourth-order valence-corrected chi connectivity index (χ4v) is 5.56. The van der Waals surface area contributed by atoms with Gasteiger partial charge in [0.15, 0.2) is 5.71 Å². The summed E-state index contributed by atoms with van der Waals surface area (Å²) in [7, 11) is 8.29. The second kappa shape index (κ2) is 8.13. The van der Waals surface area contributed by atoms with Gasteiger partial charge in [0, 0.05) is 52.1 Å². The lowest BCUT2D eigenvalue weighted by molar-refractivity contribution is -0.462. The summed E-state index contributed by atoms with van der Waals surface area (Å²) in [5.74, 6) is 0. The first-order valence-electron chi connectivity index (χ1n) is 9.55. The van der Waals surface area contributed by atoms with Crippen LogP contribution in [0.5, 0.6) is 0 Å². The lowest BCUT2D eigenvalue weighted by Crippen LogP contribution is -2.10. The van der Waals surface area contributed by atoms with E-state index in [9.17, 15) is 0 Å². The number of thiophene rings is 1. The first-order valence-corrected chi connectivity index (χ1v) is 11.2. The molecule has 2 nitrogen and oxygen atoms in total. The molecule has 0 saturated carbocycles. The molecule has 146 valence electrons. The van der Waals surface area contributed by atoms with Crippen LogP contribution in [0.25, 0.3) is 15.7 Å². The molecule has 1 heterocycles. The fourth-order valence-electron chi connectivity index (χ4n) is 3.46. The van der Waals surface area contributed by atoms with Crippen LogP contribution in [0.1, 0.15) is 10.4 Å². The minimum atomic E-state index is 1.17. The van der Waals surface area contributed by atoms with Crippen molar-refractivity contribution < 1.29 is 4.58 Å². The highest BCUT2D eigenvalue weighted by Crippen LogP contribution is 2.43. The monoisotopic (exact) mass is 463 g/mol. The number of hydrogen-bond donors (Lipinski definition) is 0. The Morgan fingerprint density at radius 2 is 1.55 bits per heavy atom. The van der Waals surface area contributed by atoms with Crippen molar-refractivity contribution in [3.63, 3.8) is 0 Å². The summed E-state index contributed by atoms with van der Waals surface area (Å²) in [6, 6.07) is 17.4. The van der Waals surface area contributed by atoms with E-state index >= 15 is 0 Å². The molecule has 1 aliphatic rings. The molecule has 29 heavy (non-hydrogen) atoms. The number of fused-ring (bicyclic) bond motifs is 1. The predicted octanol–water partition coefficient (Wildman–Crippen LogP) is 6.37. The maximum Gasteiger partial charge on any atom is 0.199 e. The minimum Gasteiger partial charge on any atom is -0.378 e. The molecule has 4 heteroatoms. The maximum absolute atomic E-state index is 3.90. The second-order valence-corrected chi connectivity index (χ2v) is 9.34. The summed E-state index contributed by atoms with van der Waals surface area (Å²) in [4.78, 5) is 3.39. The summed E-state index contributed by atoms with van der Waals surface area (Å²) in [5.41, 5.74) is 6.10. The molecule has 0 radical (unpaired) electrons. The predicted molar refractivity (Wildman–Crippen MR) is 132 cm³/mol. The van der Waals surface area contributed by atoms with Gasteiger partial charge in [0.05, 0.1) is 4.88 Å². The Labute approximate surface area is 184 Å². The average molecular weight is 464 g/mol. The average Bonchev–Trinajstić information content (AvgIpc) is 3.05. The largest absolute Gasteiger partial charge is 0.378 e. The summed E-state index contributed by atoms with van der Waals surface area (Å²) < 4.78 is 4.59. The third-order valence-corrected chi connectivity index (χ3v) is 7.38. The van der Waals surface area contributed by atoms with E-state index < -0.39 is 0 Å². The summed E-state index contributed by atoms with van der Waals surface area (Å²) >= 11 is 5.73. The van der Waals surface area contributed by atoms with E-state index in [4.69, 9.17) is 0 Å². The molecule has 4 rings (SSSR count). The van der Waals surface area contributed by atoms with E-state index in [1.54, 1.807) is 0 Å². The third-order valence-electron chi connectivity index (χ3n) is 5.11. The van der Waals surface area contributed by atoms with Crippen molar-refractivity contribution in [1.29, 1.82) is 0 Å². The van der Waals surface area contributed by atoms with Crippen molar-refractivity contribution >= 4 is 54.3 Å². The van der Waals surface area contributed by atoms with Crippen LogP contribution in [0, 0.1) is 0 Å². The van der Waals surface area contributed by atoms with Gasteiger partial charge in [0.25, 0.3) is 0 Å². The molecule has 1 aromatic heterocycles. The van der Waals surface area contributed by atoms with Crippen molar-refractivity contribution in [1.82, 2.24) is 0 Å². The molecule has 0 amide bonds. The summed E-state index contributed by atoms with van der Waals surface area (Å²) in [5, 5.41) is 1.26. The molecule has 0 bridgehead atoms.